The van der Waals surface area contributed by atoms with E-state index in [1.165, 1.54) is 0 Å². The van der Waals surface area contributed by atoms with Crippen LogP contribution < -0.4 is 14.2 Å². The third-order valence-electron chi connectivity index (χ3n) is 13.0. The molecule has 3 aromatic carbocycles. The molecular weight excluding hydrogens is 1070 g/mol. The van der Waals surface area contributed by atoms with Gasteiger partial charge in [0.05, 0.1) is 0 Å². The maximum atomic E-state index is 14.0. The molecule has 15 nitrogen and oxygen atoms in total. The minimum Gasteiger partial charge on any atom is -0.462 e. The molecule has 470 valence electrons. The van der Waals surface area contributed by atoms with Crippen LogP contribution in [0.4, 0.5) is 14.4 Å². The molecule has 0 bridgehead atoms. The summed E-state index contributed by atoms with van der Waals surface area (Å²) in [4.78, 5) is 80.6. The Balaban J connectivity index is 1.98. The number of hydrogen-bond donors (Lipinski definition) is 0. The van der Waals surface area contributed by atoms with E-state index in [4.69, 9.17) is 42.6 Å². The van der Waals surface area contributed by atoms with Crippen molar-refractivity contribution in [3.05, 3.63) is 86.5 Å². The van der Waals surface area contributed by atoms with Crippen molar-refractivity contribution in [3.8, 4) is 17.2 Å². The lowest BCUT2D eigenvalue weighted by atomic mass is 9.78. The summed E-state index contributed by atoms with van der Waals surface area (Å²) < 4.78 is 52.2. The number of carbonyl (C=O) groups excluding carboxylic acids is 6. The lowest BCUT2D eigenvalue weighted by Gasteiger charge is -2.30. The summed E-state index contributed by atoms with van der Waals surface area (Å²) in [6, 6.07) is 11.6. The standard InChI is InChI=1S/C69H104O15/c1-61(2,3)46-34-42(35-47(62(4,5)6)55(46)79-58(73)82-67(19,20)21)28-31-52(70)76-40-45(78-54(72)33-30-44-38-50(65(13,14)15)57(51(39-44)66(16,17)18)81-60(75)84-69(25,26)27)41-77-53(71)32-29-43-36-48(63(7,8)9)56(49(37-43)64(10,11)12)80-59(74)83-68(22,23)24/h34-39,45H,28-33,40-41H2,1-27H3. The topological polar surface area (TPSA) is 185 Å². The number of hydrogen-bond acceptors (Lipinski definition) is 15. The van der Waals surface area contributed by atoms with E-state index < -0.39 is 105 Å². The van der Waals surface area contributed by atoms with Gasteiger partial charge in [-0.05, 0) is 131 Å². The molecular formula is C69H104O15. The fraction of sp³-hybridized carbons (Fsp3) is 0.652. The van der Waals surface area contributed by atoms with Gasteiger partial charge >= 0.3 is 36.4 Å². The summed E-state index contributed by atoms with van der Waals surface area (Å²) in [5.74, 6) is -0.542. The van der Waals surface area contributed by atoms with Gasteiger partial charge in [-0.2, -0.15) is 0 Å². The molecule has 0 saturated heterocycles. The molecule has 0 aliphatic rings. The van der Waals surface area contributed by atoms with Crippen LogP contribution in [0.3, 0.4) is 0 Å². The second-order valence-electron chi connectivity index (χ2n) is 31.2. The lowest BCUT2D eigenvalue weighted by molar-refractivity contribution is -0.166. The summed E-state index contributed by atoms with van der Waals surface area (Å²) in [5, 5.41) is 0. The van der Waals surface area contributed by atoms with Gasteiger partial charge in [-0.25, -0.2) is 14.4 Å². The first-order valence-corrected chi connectivity index (χ1v) is 29.5. The largest absolute Gasteiger partial charge is 0.514 e. The van der Waals surface area contributed by atoms with Crippen LogP contribution in [0.2, 0.25) is 0 Å². The van der Waals surface area contributed by atoms with Gasteiger partial charge in [0.1, 0.15) is 47.3 Å². The molecule has 0 unspecified atom stereocenters. The molecule has 0 saturated carbocycles. The van der Waals surface area contributed by atoms with Gasteiger partial charge in [-0.3, -0.25) is 14.4 Å². The van der Waals surface area contributed by atoms with Crippen molar-refractivity contribution in [2.24, 2.45) is 0 Å². The van der Waals surface area contributed by atoms with Crippen molar-refractivity contribution < 1.29 is 71.4 Å². The Bertz CT molecular complexity index is 2590. The quantitative estimate of drug-likeness (QED) is 0.0705. The maximum Gasteiger partial charge on any atom is 0.514 e. The van der Waals surface area contributed by atoms with E-state index in [0.29, 0.717) is 17.2 Å². The molecule has 3 aromatic rings. The van der Waals surface area contributed by atoms with Crippen LogP contribution in [0.15, 0.2) is 36.4 Å². The Morgan fingerprint density at radius 3 is 0.714 bits per heavy atom. The smallest absolute Gasteiger partial charge is 0.462 e. The predicted octanol–water partition coefficient (Wildman–Crippen LogP) is 16.6. The summed E-state index contributed by atoms with van der Waals surface area (Å²) in [7, 11) is 0. The number of esters is 3. The Kier molecular flexibility index (Phi) is 23.2. The van der Waals surface area contributed by atoms with Crippen LogP contribution in [-0.4, -0.2) is 72.5 Å². The Morgan fingerprint density at radius 2 is 0.524 bits per heavy atom. The molecule has 15 heteroatoms. The van der Waals surface area contributed by atoms with Crippen LogP contribution in [-0.2, 0) is 94.6 Å². The fourth-order valence-corrected chi connectivity index (χ4v) is 8.85. The van der Waals surface area contributed by atoms with E-state index in [-0.39, 0.29) is 38.5 Å². The minimum absolute atomic E-state index is 0.0472. The fourth-order valence-electron chi connectivity index (χ4n) is 8.85. The van der Waals surface area contributed by atoms with E-state index in [0.717, 1.165) is 50.1 Å². The highest BCUT2D eigenvalue weighted by atomic mass is 16.7. The third kappa shape index (κ3) is 23.7. The molecule has 0 aliphatic carbocycles. The molecule has 3 rings (SSSR count). The number of carbonyl (C=O) groups is 6. The second kappa shape index (κ2) is 27.1. The molecule has 0 fully saturated rings. The normalized spacial score (nSPS) is 13.0. The van der Waals surface area contributed by atoms with Crippen LogP contribution in [0.25, 0.3) is 0 Å². The van der Waals surface area contributed by atoms with Crippen molar-refractivity contribution in [1.29, 1.82) is 0 Å². The summed E-state index contributed by atoms with van der Waals surface area (Å²) in [6.45, 7) is 51.4. The van der Waals surface area contributed by atoms with Crippen molar-refractivity contribution in [1.82, 2.24) is 0 Å². The summed E-state index contributed by atoms with van der Waals surface area (Å²) in [5.41, 5.74) is 1.82. The highest BCUT2D eigenvalue weighted by molar-refractivity contribution is 5.73. The van der Waals surface area contributed by atoms with Crippen LogP contribution in [0.5, 0.6) is 17.2 Å². The van der Waals surface area contributed by atoms with E-state index >= 15 is 0 Å². The Morgan fingerprint density at radius 1 is 0.321 bits per heavy atom. The summed E-state index contributed by atoms with van der Waals surface area (Å²) >= 11 is 0. The van der Waals surface area contributed by atoms with Gasteiger partial charge < -0.3 is 42.6 Å². The van der Waals surface area contributed by atoms with E-state index in [9.17, 15) is 28.8 Å². The molecule has 0 amide bonds. The number of rotatable bonds is 17. The van der Waals surface area contributed by atoms with E-state index in [1.807, 2.05) is 161 Å². The Hall–Kier alpha value is -6.12. The monoisotopic (exact) mass is 1170 g/mol. The van der Waals surface area contributed by atoms with Gasteiger partial charge in [0.15, 0.2) is 6.10 Å². The minimum atomic E-state index is -1.17. The molecule has 0 spiro atoms. The molecule has 0 radical (unpaired) electrons. The second-order valence-corrected chi connectivity index (χ2v) is 31.2. The highest BCUT2D eigenvalue weighted by Crippen LogP contribution is 2.45. The maximum absolute atomic E-state index is 14.0. The molecule has 0 aromatic heterocycles. The average molecular weight is 1170 g/mol. The first kappa shape index (κ1) is 72.1. The first-order chi connectivity index (χ1) is 37.7. The first-order valence-electron chi connectivity index (χ1n) is 29.5. The zero-order chi connectivity index (χ0) is 64.7. The zero-order valence-electron chi connectivity index (χ0n) is 56.3. The molecule has 84 heavy (non-hydrogen) atoms. The van der Waals surface area contributed by atoms with Crippen LogP contribution in [0.1, 0.15) is 256 Å². The van der Waals surface area contributed by atoms with Crippen LogP contribution in [0, 0.1) is 0 Å². The molecule has 0 aliphatic heterocycles. The SMILES string of the molecule is CC(C)(C)OC(=O)Oc1c(C(C)(C)C)cc(CCC(=O)OCC(COC(=O)CCc2cc(C(C)(C)C)c(OC(=O)OC(C)(C)C)c(C(C)(C)C)c2)OC(=O)CCc2cc(C(C)(C)C)c(OC(=O)OC(C)(C)C)c(C(C)(C)C)c2)cc1C(C)(C)C. The lowest BCUT2D eigenvalue weighted by Crippen LogP contribution is -2.31. The van der Waals surface area contributed by atoms with Crippen LogP contribution >= 0.6 is 0 Å². The third-order valence-corrected chi connectivity index (χ3v) is 13.0. The van der Waals surface area contributed by atoms with Gasteiger partial charge in [0.25, 0.3) is 0 Å². The number of benzene rings is 3. The highest BCUT2D eigenvalue weighted by Gasteiger charge is 2.35. The molecule has 0 atom stereocenters. The van der Waals surface area contributed by atoms with E-state index in [2.05, 4.69) is 0 Å². The molecule has 0 heterocycles. The predicted molar refractivity (Wildman–Crippen MR) is 329 cm³/mol. The number of ether oxygens (including phenoxy) is 9. The van der Waals surface area contributed by atoms with E-state index in [1.54, 1.807) is 62.3 Å². The average Bonchev–Trinajstić information content (AvgIpc) is 1.05. The van der Waals surface area contributed by atoms with Gasteiger partial charge in [0.2, 0.25) is 0 Å². The van der Waals surface area contributed by atoms with Gasteiger partial charge in [-0.15, -0.1) is 0 Å². The Labute approximate surface area is 503 Å². The van der Waals surface area contributed by atoms with Gasteiger partial charge in [0, 0.05) is 52.6 Å². The van der Waals surface area contributed by atoms with Crippen molar-refractivity contribution in [2.75, 3.05) is 13.2 Å². The van der Waals surface area contributed by atoms with Crippen molar-refractivity contribution >= 4 is 36.4 Å². The summed E-state index contributed by atoms with van der Waals surface area (Å²) in [6.07, 6.45) is -3.01. The zero-order valence-corrected chi connectivity index (χ0v) is 56.3. The van der Waals surface area contributed by atoms with Gasteiger partial charge in [-0.1, -0.05) is 161 Å². The van der Waals surface area contributed by atoms with Crippen molar-refractivity contribution in [2.45, 2.75) is 281 Å². The number of aryl methyl sites for hydroxylation is 3. The molecule has 0 N–H and O–H groups in total. The van der Waals surface area contributed by atoms with Crippen molar-refractivity contribution in [3.63, 3.8) is 0 Å².